The number of likely N-dealkylation sites (N-methyl/N-ethyl adjacent to an activating group) is 1. The van der Waals surface area contributed by atoms with Crippen LogP contribution in [-0.2, 0) is 11.3 Å². The molecule has 1 atom stereocenters. The molecule has 0 radical (unpaired) electrons. The Morgan fingerprint density at radius 3 is 2.42 bits per heavy atom. The van der Waals surface area contributed by atoms with Crippen LogP contribution in [-0.4, -0.2) is 43.2 Å². The van der Waals surface area contributed by atoms with Crippen molar-refractivity contribution in [2.45, 2.75) is 12.6 Å². The molecule has 24 heavy (non-hydrogen) atoms. The van der Waals surface area contributed by atoms with E-state index in [-0.39, 0.29) is 25.1 Å². The highest BCUT2D eigenvalue weighted by Crippen LogP contribution is 2.21. The highest BCUT2D eigenvalue weighted by atomic mass is 16.5. The van der Waals surface area contributed by atoms with Gasteiger partial charge in [-0.2, -0.15) is 0 Å². The highest BCUT2D eigenvalue weighted by molar-refractivity contribution is 5.78. The second kappa shape index (κ2) is 9.05. The molecule has 0 aliphatic carbocycles. The number of hydrogen-bond donors (Lipinski definition) is 2. The minimum atomic E-state index is -0.238. The Balaban J connectivity index is 1.90. The van der Waals surface area contributed by atoms with E-state index in [1.54, 1.807) is 7.11 Å². The Kier molecular flexibility index (Phi) is 6.78. The molecular formula is C19H24N2O3. The summed E-state index contributed by atoms with van der Waals surface area (Å²) in [4.78, 5) is 14.0. The van der Waals surface area contributed by atoms with E-state index in [0.29, 0.717) is 6.54 Å². The summed E-state index contributed by atoms with van der Waals surface area (Å²) in [6.07, 6.45) is 0. The Morgan fingerprint density at radius 1 is 1.17 bits per heavy atom. The van der Waals surface area contributed by atoms with Gasteiger partial charge in [-0.3, -0.25) is 9.69 Å². The maximum Gasteiger partial charge on any atom is 0.234 e. The quantitative estimate of drug-likeness (QED) is 0.778. The van der Waals surface area contributed by atoms with Crippen molar-refractivity contribution in [3.8, 4) is 5.75 Å². The van der Waals surface area contributed by atoms with Crippen LogP contribution in [0.15, 0.2) is 54.6 Å². The molecule has 1 unspecified atom stereocenters. The fourth-order valence-corrected chi connectivity index (χ4v) is 2.51. The van der Waals surface area contributed by atoms with Crippen LogP contribution in [0.25, 0.3) is 0 Å². The Labute approximate surface area is 142 Å². The monoisotopic (exact) mass is 328 g/mol. The molecule has 128 valence electrons. The number of ether oxygens (including phenoxy) is 1. The SMILES string of the molecule is COc1ccc(C(CO)N(C)CC(=O)NCc2ccccc2)cc1. The van der Waals surface area contributed by atoms with Crippen molar-refractivity contribution in [1.82, 2.24) is 10.2 Å². The number of carbonyl (C=O) groups excluding carboxylic acids is 1. The van der Waals surface area contributed by atoms with E-state index in [9.17, 15) is 9.90 Å². The van der Waals surface area contributed by atoms with Gasteiger partial charge < -0.3 is 15.2 Å². The Morgan fingerprint density at radius 2 is 1.83 bits per heavy atom. The molecule has 0 saturated carbocycles. The van der Waals surface area contributed by atoms with Crippen molar-refractivity contribution in [2.75, 3.05) is 27.3 Å². The van der Waals surface area contributed by atoms with Crippen molar-refractivity contribution in [3.63, 3.8) is 0 Å². The normalized spacial score (nSPS) is 12.0. The van der Waals surface area contributed by atoms with Gasteiger partial charge in [0.2, 0.25) is 5.91 Å². The molecule has 0 aliphatic rings. The summed E-state index contributed by atoms with van der Waals surface area (Å²) in [5.41, 5.74) is 2.00. The fraction of sp³-hybridized carbons (Fsp3) is 0.316. The Hall–Kier alpha value is -2.37. The number of carbonyl (C=O) groups is 1. The van der Waals surface area contributed by atoms with Crippen molar-refractivity contribution in [3.05, 3.63) is 65.7 Å². The molecule has 1 amide bonds. The summed E-state index contributed by atoms with van der Waals surface area (Å²) in [6, 6.07) is 17.0. The van der Waals surface area contributed by atoms with Gasteiger partial charge in [-0.05, 0) is 30.3 Å². The molecule has 5 heteroatoms. The van der Waals surface area contributed by atoms with Gasteiger partial charge >= 0.3 is 0 Å². The molecule has 2 N–H and O–H groups in total. The number of aliphatic hydroxyl groups excluding tert-OH is 1. The van der Waals surface area contributed by atoms with Crippen LogP contribution >= 0.6 is 0 Å². The standard InChI is InChI=1S/C19H24N2O3/c1-21(13-19(23)20-12-15-6-4-3-5-7-15)18(14-22)16-8-10-17(24-2)11-9-16/h3-11,18,22H,12-14H2,1-2H3,(H,20,23). The molecule has 2 aromatic carbocycles. The summed E-state index contributed by atoms with van der Waals surface area (Å²) < 4.78 is 5.14. The maximum atomic E-state index is 12.1. The minimum absolute atomic E-state index is 0.0607. The van der Waals surface area contributed by atoms with E-state index in [1.165, 1.54) is 0 Å². The first kappa shape index (κ1) is 18.0. The predicted octanol–water partition coefficient (Wildman–Crippen LogP) is 1.98. The van der Waals surface area contributed by atoms with Gasteiger partial charge in [0.1, 0.15) is 5.75 Å². The zero-order valence-corrected chi connectivity index (χ0v) is 14.1. The van der Waals surface area contributed by atoms with Crippen molar-refractivity contribution >= 4 is 5.91 Å². The van der Waals surface area contributed by atoms with Gasteiger partial charge in [0.15, 0.2) is 0 Å². The van der Waals surface area contributed by atoms with E-state index >= 15 is 0 Å². The average molecular weight is 328 g/mol. The number of amides is 1. The average Bonchev–Trinajstić information content (AvgIpc) is 2.62. The van der Waals surface area contributed by atoms with Gasteiger partial charge in [0.05, 0.1) is 26.3 Å². The molecule has 0 spiro atoms. The lowest BCUT2D eigenvalue weighted by Gasteiger charge is -2.26. The van der Waals surface area contributed by atoms with E-state index in [2.05, 4.69) is 5.32 Å². The van der Waals surface area contributed by atoms with E-state index in [0.717, 1.165) is 16.9 Å². The van der Waals surface area contributed by atoms with Crippen LogP contribution in [0.4, 0.5) is 0 Å². The van der Waals surface area contributed by atoms with Gasteiger partial charge in [-0.15, -0.1) is 0 Å². The molecular weight excluding hydrogens is 304 g/mol. The zero-order valence-electron chi connectivity index (χ0n) is 14.1. The maximum absolute atomic E-state index is 12.1. The number of nitrogens with zero attached hydrogens (tertiary/aromatic N) is 1. The number of nitrogens with one attached hydrogen (secondary N) is 1. The molecule has 0 saturated heterocycles. The van der Waals surface area contributed by atoms with E-state index in [4.69, 9.17) is 4.74 Å². The summed E-state index contributed by atoms with van der Waals surface area (Å²) in [5, 5.41) is 12.6. The number of benzene rings is 2. The third-order valence-electron chi connectivity index (χ3n) is 3.93. The van der Waals surface area contributed by atoms with Gasteiger partial charge in [0.25, 0.3) is 0 Å². The second-order valence-electron chi connectivity index (χ2n) is 5.65. The molecule has 0 bridgehead atoms. The summed E-state index contributed by atoms with van der Waals surface area (Å²) in [7, 11) is 3.44. The zero-order chi connectivity index (χ0) is 17.4. The van der Waals surface area contributed by atoms with Crippen LogP contribution < -0.4 is 10.1 Å². The summed E-state index contributed by atoms with van der Waals surface area (Å²) >= 11 is 0. The lowest BCUT2D eigenvalue weighted by Crippen LogP contribution is -2.38. The largest absolute Gasteiger partial charge is 0.497 e. The first-order valence-corrected chi connectivity index (χ1v) is 7.89. The number of hydrogen-bond acceptors (Lipinski definition) is 4. The van der Waals surface area contributed by atoms with Crippen molar-refractivity contribution in [2.24, 2.45) is 0 Å². The van der Waals surface area contributed by atoms with E-state index in [1.807, 2.05) is 66.5 Å². The highest BCUT2D eigenvalue weighted by Gasteiger charge is 2.18. The van der Waals surface area contributed by atoms with Gasteiger partial charge in [-0.1, -0.05) is 42.5 Å². The van der Waals surface area contributed by atoms with E-state index < -0.39 is 0 Å². The molecule has 0 fully saturated rings. The number of aliphatic hydroxyl groups is 1. The summed E-state index contributed by atoms with van der Waals surface area (Å²) in [6.45, 7) is 0.652. The molecule has 2 rings (SSSR count). The first-order valence-electron chi connectivity index (χ1n) is 7.89. The van der Waals surface area contributed by atoms with Crippen LogP contribution in [0.3, 0.4) is 0 Å². The molecule has 2 aromatic rings. The predicted molar refractivity (Wildman–Crippen MR) is 93.7 cm³/mol. The molecule has 0 aromatic heterocycles. The first-order chi connectivity index (χ1) is 11.6. The van der Waals surface area contributed by atoms with Crippen LogP contribution in [0.5, 0.6) is 5.75 Å². The Bertz CT molecular complexity index is 629. The molecule has 0 heterocycles. The smallest absolute Gasteiger partial charge is 0.234 e. The minimum Gasteiger partial charge on any atom is -0.497 e. The van der Waals surface area contributed by atoms with Gasteiger partial charge in [-0.25, -0.2) is 0 Å². The molecule has 0 aliphatic heterocycles. The second-order valence-corrected chi connectivity index (χ2v) is 5.65. The van der Waals surface area contributed by atoms with Crippen molar-refractivity contribution in [1.29, 1.82) is 0 Å². The summed E-state index contributed by atoms with van der Waals surface area (Å²) in [5.74, 6) is 0.687. The lowest BCUT2D eigenvalue weighted by molar-refractivity contribution is -0.122. The third kappa shape index (κ3) is 5.08. The third-order valence-corrected chi connectivity index (χ3v) is 3.93. The van der Waals surface area contributed by atoms with Crippen LogP contribution in [0.2, 0.25) is 0 Å². The lowest BCUT2D eigenvalue weighted by atomic mass is 10.1. The topological polar surface area (TPSA) is 61.8 Å². The number of methoxy groups -OCH3 is 1. The molecule has 5 nitrogen and oxygen atoms in total. The fourth-order valence-electron chi connectivity index (χ4n) is 2.51. The van der Waals surface area contributed by atoms with Crippen LogP contribution in [0.1, 0.15) is 17.2 Å². The van der Waals surface area contributed by atoms with Crippen molar-refractivity contribution < 1.29 is 14.6 Å². The van der Waals surface area contributed by atoms with Gasteiger partial charge in [0, 0.05) is 6.54 Å². The van der Waals surface area contributed by atoms with Crippen LogP contribution in [0, 0.1) is 0 Å². The number of rotatable bonds is 8.